The summed E-state index contributed by atoms with van der Waals surface area (Å²) in [7, 11) is 0. The number of benzene rings is 2. The fraction of sp³-hybridized carbons (Fsp3) is 0.333. The van der Waals surface area contributed by atoms with E-state index in [9.17, 15) is 9.18 Å². The maximum absolute atomic E-state index is 13.5. The quantitative estimate of drug-likeness (QED) is 0.596. The zero-order chi connectivity index (χ0) is 21.8. The van der Waals surface area contributed by atoms with Gasteiger partial charge in [-0.15, -0.1) is 0 Å². The van der Waals surface area contributed by atoms with Gasteiger partial charge < -0.3 is 14.4 Å². The van der Waals surface area contributed by atoms with Crippen LogP contribution in [0.25, 0.3) is 5.69 Å². The summed E-state index contributed by atoms with van der Waals surface area (Å²) in [5.74, 6) is 1.05. The average Bonchev–Trinajstić information content (AvgIpc) is 3.09. The first-order valence-corrected chi connectivity index (χ1v) is 10.5. The van der Waals surface area contributed by atoms with Crippen LogP contribution in [-0.2, 0) is 16.0 Å². The number of halogens is 1. The maximum atomic E-state index is 13.5. The van der Waals surface area contributed by atoms with Gasteiger partial charge in [-0.2, -0.15) is 5.10 Å². The van der Waals surface area contributed by atoms with Gasteiger partial charge in [0, 0.05) is 25.1 Å². The third-order valence-electron chi connectivity index (χ3n) is 5.46. The third-order valence-corrected chi connectivity index (χ3v) is 5.46. The van der Waals surface area contributed by atoms with Crippen LogP contribution < -0.4 is 4.74 Å². The predicted molar refractivity (Wildman–Crippen MR) is 115 cm³/mol. The highest BCUT2D eigenvalue weighted by atomic mass is 19.1. The van der Waals surface area contributed by atoms with Crippen molar-refractivity contribution >= 4 is 5.91 Å². The monoisotopic (exact) mass is 423 g/mol. The van der Waals surface area contributed by atoms with Crippen LogP contribution >= 0.6 is 0 Å². The summed E-state index contributed by atoms with van der Waals surface area (Å²) >= 11 is 0. The third kappa shape index (κ3) is 4.77. The number of rotatable bonds is 6. The van der Waals surface area contributed by atoms with E-state index in [4.69, 9.17) is 9.47 Å². The molecule has 0 bridgehead atoms. The largest absolute Gasteiger partial charge is 0.438 e. The molecule has 0 saturated carbocycles. The second-order valence-electron chi connectivity index (χ2n) is 7.62. The number of carbonyl (C=O) groups is 1. The van der Waals surface area contributed by atoms with Crippen LogP contribution in [0.5, 0.6) is 11.6 Å². The number of aromatic nitrogens is 2. The first-order valence-electron chi connectivity index (χ1n) is 10.5. The molecule has 1 fully saturated rings. The second kappa shape index (κ2) is 9.31. The van der Waals surface area contributed by atoms with Crippen molar-refractivity contribution in [1.82, 2.24) is 14.7 Å². The van der Waals surface area contributed by atoms with Gasteiger partial charge in [-0.3, -0.25) is 4.79 Å². The van der Waals surface area contributed by atoms with Gasteiger partial charge in [0.25, 0.3) is 0 Å². The van der Waals surface area contributed by atoms with Crippen molar-refractivity contribution in [1.29, 1.82) is 0 Å². The molecule has 1 amide bonds. The molecule has 4 rings (SSSR count). The van der Waals surface area contributed by atoms with Crippen molar-refractivity contribution in [2.24, 2.45) is 0 Å². The first-order chi connectivity index (χ1) is 15.0. The van der Waals surface area contributed by atoms with Crippen LogP contribution in [0.2, 0.25) is 0 Å². The Morgan fingerprint density at radius 3 is 2.52 bits per heavy atom. The van der Waals surface area contributed by atoms with E-state index < -0.39 is 0 Å². The highest BCUT2D eigenvalue weighted by molar-refractivity contribution is 5.76. The molecular weight excluding hydrogens is 397 g/mol. The fourth-order valence-corrected chi connectivity index (χ4v) is 3.67. The van der Waals surface area contributed by atoms with E-state index in [-0.39, 0.29) is 11.7 Å². The smallest absolute Gasteiger partial charge is 0.226 e. The van der Waals surface area contributed by atoms with Crippen molar-refractivity contribution in [2.75, 3.05) is 26.3 Å². The van der Waals surface area contributed by atoms with Gasteiger partial charge in [-0.25, -0.2) is 9.07 Å². The molecule has 7 heteroatoms. The minimum atomic E-state index is -0.315. The van der Waals surface area contributed by atoms with Crippen LogP contribution in [0.4, 0.5) is 4.39 Å². The summed E-state index contributed by atoms with van der Waals surface area (Å²) in [5, 5.41) is 4.65. The Bertz CT molecular complexity index is 1060. The van der Waals surface area contributed by atoms with E-state index in [0.29, 0.717) is 56.5 Å². The number of amides is 1. The van der Waals surface area contributed by atoms with Gasteiger partial charge in [-0.05, 0) is 56.2 Å². The van der Waals surface area contributed by atoms with Gasteiger partial charge >= 0.3 is 0 Å². The van der Waals surface area contributed by atoms with E-state index in [1.807, 2.05) is 43.0 Å². The van der Waals surface area contributed by atoms with Crippen LogP contribution in [0.1, 0.15) is 23.2 Å². The Morgan fingerprint density at radius 2 is 1.81 bits per heavy atom. The van der Waals surface area contributed by atoms with E-state index in [1.54, 1.807) is 16.8 Å². The summed E-state index contributed by atoms with van der Waals surface area (Å²) in [6.45, 7) is 6.28. The zero-order valence-electron chi connectivity index (χ0n) is 17.8. The molecule has 162 valence electrons. The molecule has 3 aromatic rings. The molecule has 31 heavy (non-hydrogen) atoms. The normalized spacial score (nSPS) is 14.0. The Kier molecular flexibility index (Phi) is 6.32. The zero-order valence-corrected chi connectivity index (χ0v) is 17.8. The molecule has 1 aliphatic rings. The molecule has 0 spiro atoms. The van der Waals surface area contributed by atoms with E-state index in [1.165, 1.54) is 12.1 Å². The lowest BCUT2D eigenvalue weighted by Gasteiger charge is -2.26. The summed E-state index contributed by atoms with van der Waals surface area (Å²) < 4.78 is 26.8. The molecule has 0 radical (unpaired) electrons. The SMILES string of the molecule is Cc1ccccc1Oc1c(CCC(=O)N2CCOCC2)c(C)nn1-c1ccc(F)cc1. The molecule has 0 unspecified atom stereocenters. The highest BCUT2D eigenvalue weighted by Crippen LogP contribution is 2.33. The molecule has 0 atom stereocenters. The molecule has 1 aromatic heterocycles. The van der Waals surface area contributed by atoms with E-state index in [2.05, 4.69) is 5.10 Å². The Hall–Kier alpha value is -3.19. The van der Waals surface area contributed by atoms with Gasteiger partial charge in [0.2, 0.25) is 11.8 Å². The Balaban J connectivity index is 1.65. The van der Waals surface area contributed by atoms with Gasteiger partial charge in [0.15, 0.2) is 0 Å². The Labute approximate surface area is 181 Å². The number of para-hydroxylation sites is 1. The summed E-state index contributed by atoms with van der Waals surface area (Å²) in [6, 6.07) is 13.8. The highest BCUT2D eigenvalue weighted by Gasteiger charge is 2.22. The molecule has 2 aromatic carbocycles. The summed E-state index contributed by atoms with van der Waals surface area (Å²) in [6.07, 6.45) is 0.866. The minimum Gasteiger partial charge on any atom is -0.438 e. The predicted octanol–water partition coefficient (Wildman–Crippen LogP) is 4.21. The lowest BCUT2D eigenvalue weighted by Crippen LogP contribution is -2.40. The van der Waals surface area contributed by atoms with Crippen molar-refractivity contribution in [3.05, 3.63) is 71.2 Å². The summed E-state index contributed by atoms with van der Waals surface area (Å²) in [4.78, 5) is 14.5. The second-order valence-corrected chi connectivity index (χ2v) is 7.62. The van der Waals surface area contributed by atoms with Gasteiger partial charge in [-0.1, -0.05) is 18.2 Å². The van der Waals surface area contributed by atoms with Crippen LogP contribution in [0.3, 0.4) is 0 Å². The van der Waals surface area contributed by atoms with Gasteiger partial charge in [0.05, 0.1) is 24.6 Å². The molecule has 0 N–H and O–H groups in total. The molecule has 0 aliphatic carbocycles. The van der Waals surface area contributed by atoms with E-state index in [0.717, 1.165) is 16.8 Å². The number of hydrogen-bond acceptors (Lipinski definition) is 4. The van der Waals surface area contributed by atoms with Crippen molar-refractivity contribution in [3.63, 3.8) is 0 Å². The molecular formula is C24H26FN3O3. The number of carbonyl (C=O) groups excluding carboxylic acids is 1. The standard InChI is InChI=1S/C24H26FN3O3/c1-17-5-3-4-6-22(17)31-24-21(11-12-23(29)27-13-15-30-16-14-27)18(2)26-28(24)20-9-7-19(25)8-10-20/h3-10H,11-16H2,1-2H3. The molecule has 1 saturated heterocycles. The maximum Gasteiger partial charge on any atom is 0.226 e. The van der Waals surface area contributed by atoms with Crippen molar-refractivity contribution in [3.8, 4) is 17.3 Å². The van der Waals surface area contributed by atoms with Crippen molar-refractivity contribution < 1.29 is 18.7 Å². The molecule has 2 heterocycles. The molecule has 1 aliphatic heterocycles. The lowest BCUT2D eigenvalue weighted by atomic mass is 10.1. The number of ether oxygens (including phenoxy) is 2. The van der Waals surface area contributed by atoms with E-state index >= 15 is 0 Å². The topological polar surface area (TPSA) is 56.6 Å². The van der Waals surface area contributed by atoms with Crippen LogP contribution in [0, 0.1) is 19.7 Å². The van der Waals surface area contributed by atoms with Gasteiger partial charge in [0.1, 0.15) is 11.6 Å². The fourth-order valence-electron chi connectivity index (χ4n) is 3.67. The lowest BCUT2D eigenvalue weighted by molar-refractivity contribution is -0.135. The minimum absolute atomic E-state index is 0.0964. The average molecular weight is 423 g/mol. The number of nitrogens with zero attached hydrogens (tertiary/aromatic N) is 3. The number of aryl methyl sites for hydroxylation is 2. The molecule has 6 nitrogen and oxygen atoms in total. The number of morpholine rings is 1. The number of hydrogen-bond donors (Lipinski definition) is 0. The van der Waals surface area contributed by atoms with Crippen LogP contribution in [-0.4, -0.2) is 46.9 Å². The van der Waals surface area contributed by atoms with Crippen LogP contribution in [0.15, 0.2) is 48.5 Å². The Morgan fingerprint density at radius 1 is 1.10 bits per heavy atom. The van der Waals surface area contributed by atoms with Crippen molar-refractivity contribution in [2.45, 2.75) is 26.7 Å². The summed E-state index contributed by atoms with van der Waals surface area (Å²) in [5.41, 5.74) is 3.33. The first kappa shape index (κ1) is 21.1.